The first-order valence-corrected chi connectivity index (χ1v) is 8.32. The molecule has 2 nitrogen and oxygen atoms in total. The summed E-state index contributed by atoms with van der Waals surface area (Å²) in [6.07, 6.45) is 0.436. The molecule has 0 radical (unpaired) electrons. The van der Waals surface area contributed by atoms with Crippen LogP contribution in [0.4, 0.5) is 0 Å². The summed E-state index contributed by atoms with van der Waals surface area (Å²) in [6.45, 7) is 12.6. The molecule has 0 aromatic rings. The highest BCUT2D eigenvalue weighted by Gasteiger charge is 2.35. The van der Waals surface area contributed by atoms with Crippen LogP contribution in [0.5, 0.6) is 0 Å². The number of hydrogen-bond acceptors (Lipinski definition) is 2. The molecule has 3 heteroatoms. The van der Waals surface area contributed by atoms with Crippen LogP contribution in [0.15, 0.2) is 0 Å². The molecule has 0 heterocycles. The molecule has 0 unspecified atom stereocenters. The van der Waals surface area contributed by atoms with E-state index in [2.05, 4.69) is 33.9 Å². The van der Waals surface area contributed by atoms with Gasteiger partial charge in [0, 0.05) is 13.3 Å². The van der Waals surface area contributed by atoms with Gasteiger partial charge in [0.1, 0.15) is 0 Å². The number of carbonyl (C=O) groups excluding carboxylic acids is 2. The highest BCUT2D eigenvalue weighted by molar-refractivity contribution is 6.80. The Hall–Kier alpha value is -0.443. The first-order valence-electron chi connectivity index (χ1n) is 5.12. The summed E-state index contributed by atoms with van der Waals surface area (Å²) in [6, 6.07) is 0.912. The van der Waals surface area contributed by atoms with Gasteiger partial charge in [-0.3, -0.25) is 9.59 Å². The molecule has 14 heavy (non-hydrogen) atoms. The summed E-state index contributed by atoms with van der Waals surface area (Å²) in [4.78, 5) is 22.0. The quantitative estimate of drug-likeness (QED) is 0.532. The van der Waals surface area contributed by atoms with Gasteiger partial charge in [0.05, 0.1) is 8.07 Å². The van der Waals surface area contributed by atoms with E-state index < -0.39 is 8.07 Å². The Morgan fingerprint density at radius 2 is 1.57 bits per heavy atom. The van der Waals surface area contributed by atoms with E-state index in [0.717, 1.165) is 6.04 Å². The second kappa shape index (κ2) is 4.38. The Bertz CT molecular complexity index is 236. The van der Waals surface area contributed by atoms with Crippen LogP contribution in [0.2, 0.25) is 24.2 Å². The number of Topliss-reactive ketones (excluding diaryl/α,β-unsaturated/α-hetero) is 2. The van der Waals surface area contributed by atoms with Crippen LogP contribution in [-0.2, 0) is 9.59 Å². The number of rotatable bonds is 4. The lowest BCUT2D eigenvalue weighted by Gasteiger charge is -2.36. The molecular formula is C11H22O2Si. The lowest BCUT2D eigenvalue weighted by atomic mass is 10.2. The zero-order valence-electron chi connectivity index (χ0n) is 10.2. The largest absolute Gasteiger partial charge is 0.291 e. The van der Waals surface area contributed by atoms with Crippen LogP contribution in [0.3, 0.4) is 0 Å². The number of ketones is 2. The van der Waals surface area contributed by atoms with Crippen molar-refractivity contribution in [2.75, 3.05) is 0 Å². The molecule has 0 atom stereocenters. The average Bonchev–Trinajstić information content (AvgIpc) is 1.97. The molecule has 0 bridgehead atoms. The maximum atomic E-state index is 11.2. The Morgan fingerprint density at radius 1 is 1.14 bits per heavy atom. The zero-order valence-corrected chi connectivity index (χ0v) is 11.2. The second-order valence-electron chi connectivity index (χ2n) is 5.61. The van der Waals surface area contributed by atoms with Gasteiger partial charge in [-0.05, 0) is 11.1 Å². The fourth-order valence-electron chi connectivity index (χ4n) is 0.977. The van der Waals surface area contributed by atoms with Gasteiger partial charge in [-0.1, -0.05) is 33.9 Å². The van der Waals surface area contributed by atoms with Crippen molar-refractivity contribution in [3.05, 3.63) is 0 Å². The van der Waals surface area contributed by atoms with Crippen molar-refractivity contribution in [3.8, 4) is 0 Å². The van der Waals surface area contributed by atoms with E-state index in [1.54, 1.807) is 0 Å². The molecule has 0 aliphatic rings. The smallest absolute Gasteiger partial charge is 0.197 e. The lowest BCUT2D eigenvalue weighted by Crippen LogP contribution is -2.37. The van der Waals surface area contributed by atoms with Crippen LogP contribution >= 0.6 is 0 Å². The third kappa shape index (κ3) is 3.74. The third-order valence-corrected chi connectivity index (χ3v) is 8.96. The molecule has 0 rings (SSSR count). The topological polar surface area (TPSA) is 34.1 Å². The summed E-state index contributed by atoms with van der Waals surface area (Å²) >= 11 is 0. The molecule has 82 valence electrons. The molecule has 0 fully saturated rings. The Balaban J connectivity index is 4.27. The number of hydrogen-bond donors (Lipinski definition) is 0. The predicted octanol–water partition coefficient (Wildman–Crippen LogP) is 3.04. The Morgan fingerprint density at radius 3 is 1.86 bits per heavy atom. The highest BCUT2D eigenvalue weighted by Crippen LogP contribution is 2.39. The predicted molar refractivity (Wildman–Crippen MR) is 62.3 cm³/mol. The van der Waals surface area contributed by atoms with Gasteiger partial charge < -0.3 is 0 Å². The highest BCUT2D eigenvalue weighted by atomic mass is 28.3. The van der Waals surface area contributed by atoms with E-state index in [4.69, 9.17) is 0 Å². The van der Waals surface area contributed by atoms with E-state index in [1.165, 1.54) is 6.92 Å². The summed E-state index contributed by atoms with van der Waals surface area (Å²) in [7, 11) is -1.39. The van der Waals surface area contributed by atoms with Gasteiger partial charge in [0.15, 0.2) is 11.6 Å². The monoisotopic (exact) mass is 214 g/mol. The standard InChI is InChI=1S/C11H22O2Si/c1-9(12)10(13)7-8-14(5,6)11(2,3)4/h7-8H2,1-6H3. The van der Waals surface area contributed by atoms with Gasteiger partial charge >= 0.3 is 0 Å². The minimum absolute atomic E-state index is 0.213. The van der Waals surface area contributed by atoms with Gasteiger partial charge in [-0.15, -0.1) is 0 Å². The SMILES string of the molecule is CC(=O)C(=O)CC[Si](C)(C)C(C)(C)C. The molecule has 0 amide bonds. The summed E-state index contributed by atoms with van der Waals surface area (Å²) in [5.74, 6) is -0.515. The number of carbonyl (C=O) groups is 2. The molecule has 0 spiro atoms. The van der Waals surface area contributed by atoms with Crippen LogP contribution in [0, 0.1) is 0 Å². The van der Waals surface area contributed by atoms with Crippen molar-refractivity contribution in [1.82, 2.24) is 0 Å². The molecule has 0 aliphatic heterocycles. The van der Waals surface area contributed by atoms with Crippen LogP contribution in [-0.4, -0.2) is 19.6 Å². The minimum Gasteiger partial charge on any atom is -0.291 e. The van der Waals surface area contributed by atoms with Crippen LogP contribution in [0.25, 0.3) is 0 Å². The van der Waals surface area contributed by atoms with E-state index >= 15 is 0 Å². The van der Waals surface area contributed by atoms with E-state index in [-0.39, 0.29) is 11.6 Å². The Labute approximate surface area is 88.1 Å². The molecule has 0 aromatic heterocycles. The summed E-state index contributed by atoms with van der Waals surface area (Å²) in [5, 5.41) is 0.296. The van der Waals surface area contributed by atoms with Crippen molar-refractivity contribution in [2.45, 2.75) is 58.3 Å². The van der Waals surface area contributed by atoms with Gasteiger partial charge in [0.2, 0.25) is 0 Å². The van der Waals surface area contributed by atoms with Crippen LogP contribution < -0.4 is 0 Å². The normalized spacial score (nSPS) is 12.7. The minimum atomic E-state index is -1.39. The van der Waals surface area contributed by atoms with Crippen molar-refractivity contribution >= 4 is 19.6 Å². The first-order chi connectivity index (χ1) is 6.08. The lowest BCUT2D eigenvalue weighted by molar-refractivity contribution is -0.135. The fourth-order valence-corrected chi connectivity index (χ4v) is 2.58. The summed E-state index contributed by atoms with van der Waals surface area (Å²) in [5.41, 5.74) is 0. The van der Waals surface area contributed by atoms with E-state index in [0.29, 0.717) is 11.5 Å². The third-order valence-electron chi connectivity index (χ3n) is 3.40. The molecule has 0 saturated carbocycles. The van der Waals surface area contributed by atoms with Gasteiger partial charge in [0.25, 0.3) is 0 Å². The molecule has 0 aromatic carbocycles. The fraction of sp³-hybridized carbons (Fsp3) is 0.818. The van der Waals surface area contributed by atoms with Crippen molar-refractivity contribution in [3.63, 3.8) is 0 Å². The molecular weight excluding hydrogens is 192 g/mol. The molecule has 0 N–H and O–H groups in total. The van der Waals surface area contributed by atoms with Crippen molar-refractivity contribution < 1.29 is 9.59 Å². The van der Waals surface area contributed by atoms with Gasteiger partial charge in [-0.25, -0.2) is 0 Å². The van der Waals surface area contributed by atoms with Gasteiger partial charge in [-0.2, -0.15) is 0 Å². The Kier molecular flexibility index (Phi) is 4.25. The average molecular weight is 214 g/mol. The molecule has 0 aliphatic carbocycles. The van der Waals surface area contributed by atoms with Crippen LogP contribution in [0.1, 0.15) is 34.1 Å². The van der Waals surface area contributed by atoms with E-state index in [1.807, 2.05) is 0 Å². The summed E-state index contributed by atoms with van der Waals surface area (Å²) < 4.78 is 0. The van der Waals surface area contributed by atoms with Crippen molar-refractivity contribution in [1.29, 1.82) is 0 Å². The maximum Gasteiger partial charge on any atom is 0.197 e. The zero-order chi connectivity index (χ0) is 11.6. The van der Waals surface area contributed by atoms with E-state index in [9.17, 15) is 9.59 Å². The van der Waals surface area contributed by atoms with Crippen molar-refractivity contribution in [2.24, 2.45) is 0 Å². The second-order valence-corrected chi connectivity index (χ2v) is 11.4. The molecule has 0 saturated heterocycles. The first kappa shape index (κ1) is 13.6. The maximum absolute atomic E-state index is 11.2.